The molecule has 0 heterocycles. The van der Waals surface area contributed by atoms with Crippen molar-refractivity contribution in [3.8, 4) is 0 Å². The molecule has 0 amide bonds. The van der Waals surface area contributed by atoms with E-state index in [1.54, 1.807) is 0 Å². The highest BCUT2D eigenvalue weighted by Crippen LogP contribution is 2.41. The fourth-order valence-electron chi connectivity index (χ4n) is 9.91. The van der Waals surface area contributed by atoms with Crippen LogP contribution in [0.4, 0.5) is 0 Å². The van der Waals surface area contributed by atoms with Gasteiger partial charge >= 0.3 is 17.2 Å². The number of rotatable bonds is 66. The van der Waals surface area contributed by atoms with Gasteiger partial charge in [0.2, 0.25) is 0 Å². The van der Waals surface area contributed by atoms with E-state index in [9.17, 15) is 0 Å². The third-order valence-electron chi connectivity index (χ3n) is 15.2. The lowest BCUT2D eigenvalue weighted by molar-refractivity contribution is 0.153. The van der Waals surface area contributed by atoms with Crippen molar-refractivity contribution in [2.75, 3.05) is 39.6 Å². The summed E-state index contributed by atoms with van der Waals surface area (Å²) in [5.74, 6) is 2.50. The lowest BCUT2D eigenvalue weighted by atomic mass is 10.0. The van der Waals surface area contributed by atoms with Gasteiger partial charge in [-0.05, 0) is 56.3 Å². The van der Waals surface area contributed by atoms with Gasteiger partial charge in [0, 0.05) is 0 Å². The van der Waals surface area contributed by atoms with E-state index in [0.717, 1.165) is 95.9 Å². The van der Waals surface area contributed by atoms with E-state index in [1.165, 1.54) is 289 Å². The van der Waals surface area contributed by atoms with Crippen LogP contribution < -0.4 is 0 Å². The molecule has 0 aromatic rings. The molecule has 8 heteroatoms. The van der Waals surface area contributed by atoms with E-state index in [0.29, 0.717) is 0 Å². The van der Waals surface area contributed by atoms with Crippen molar-refractivity contribution < 1.29 is 27.1 Å². The van der Waals surface area contributed by atoms with Crippen LogP contribution in [0, 0.1) is 17.8 Å². The summed E-state index contributed by atoms with van der Waals surface area (Å²) in [6.45, 7) is 25.5. The van der Waals surface area contributed by atoms with Crippen molar-refractivity contribution in [1.82, 2.24) is 0 Å². The van der Waals surface area contributed by atoms with Gasteiger partial charge in [-0.2, -0.15) is 0 Å². The Hall–Kier alpha value is 0.620. The molecule has 0 aliphatic rings. The summed E-state index contributed by atoms with van der Waals surface area (Å²) in [6.07, 6.45) is 68.4. The molecule has 0 N–H and O–H groups in total. The second kappa shape index (κ2) is 70.9. The van der Waals surface area contributed by atoms with Gasteiger partial charge in [-0.25, -0.2) is 0 Å². The molecule has 0 fully saturated rings. The maximum atomic E-state index is 6.14. The summed E-state index contributed by atoms with van der Waals surface area (Å²) in [4.78, 5) is 0. The zero-order valence-electron chi connectivity index (χ0n) is 54.4. The Bertz CT molecular complexity index is 894. The number of hydrogen-bond acceptors (Lipinski definition) is 6. The summed E-state index contributed by atoms with van der Waals surface area (Å²) < 4.78 is 36.6. The molecule has 6 nitrogen and oxygen atoms in total. The normalized spacial score (nSPS) is 11.9. The second-order valence-corrected chi connectivity index (χ2v) is 27.3. The van der Waals surface area contributed by atoms with Crippen LogP contribution in [0.25, 0.3) is 0 Å². The molecule has 0 unspecified atom stereocenters. The highest BCUT2D eigenvalue weighted by molar-refractivity contribution is 7.41. The summed E-state index contributed by atoms with van der Waals surface area (Å²) in [5, 5.41) is 0. The van der Waals surface area contributed by atoms with E-state index < -0.39 is 17.2 Å². The standard InChI is InChI=1S/C39H81O3P.C30H63O3P/c1-4-7-10-13-16-19-22-25-28-31-34-37-40-43(41-38-35-32-29-26-23-20-17-14-11-8-5-2)42-39-36-33-30-27-24-21-18-15-12-9-6-3;1-28(2)22-16-10-7-13-19-25-31-34(32-26-20-14-8-11-17-23-29(3)4)33-27-21-15-9-12-18-24-30(5)6/h4-39H2,1-3H3;28-30H,7-27H2,1-6H3. The van der Waals surface area contributed by atoms with Crippen LogP contribution in [0.1, 0.15) is 390 Å². The lowest BCUT2D eigenvalue weighted by Crippen LogP contribution is -2.01. The first kappa shape index (κ1) is 79.7. The predicted octanol–water partition coefficient (Wildman–Crippen LogP) is 26.4. The lowest BCUT2D eigenvalue weighted by Gasteiger charge is -2.17. The van der Waals surface area contributed by atoms with E-state index >= 15 is 0 Å². The van der Waals surface area contributed by atoms with Crippen molar-refractivity contribution in [1.29, 1.82) is 0 Å². The topological polar surface area (TPSA) is 55.4 Å². The van der Waals surface area contributed by atoms with Crippen LogP contribution in [0.15, 0.2) is 0 Å². The molecule has 0 saturated carbocycles. The Morgan fingerprint density at radius 2 is 0.312 bits per heavy atom. The molecule has 0 spiro atoms. The van der Waals surface area contributed by atoms with Gasteiger partial charge in [0.15, 0.2) is 0 Å². The Morgan fingerprint density at radius 1 is 0.182 bits per heavy atom. The minimum absolute atomic E-state index is 0.778. The molecule has 0 rings (SSSR count). The van der Waals surface area contributed by atoms with E-state index in [-0.39, 0.29) is 0 Å². The Labute approximate surface area is 489 Å². The van der Waals surface area contributed by atoms with Gasteiger partial charge in [0.1, 0.15) is 0 Å². The minimum Gasteiger partial charge on any atom is -0.312 e. The molecule has 0 aliphatic carbocycles. The molecule has 77 heavy (non-hydrogen) atoms. The maximum absolute atomic E-state index is 6.14. The summed E-state index contributed by atoms with van der Waals surface area (Å²) >= 11 is 0. The van der Waals surface area contributed by atoms with Gasteiger partial charge in [-0.15, -0.1) is 0 Å². The first-order valence-electron chi connectivity index (χ1n) is 35.1. The highest BCUT2D eigenvalue weighted by atomic mass is 31.2. The predicted molar refractivity (Wildman–Crippen MR) is 347 cm³/mol. The van der Waals surface area contributed by atoms with Crippen LogP contribution >= 0.6 is 17.2 Å². The fourth-order valence-corrected chi connectivity index (χ4v) is 12.0. The smallest absolute Gasteiger partial charge is 0.312 e. The van der Waals surface area contributed by atoms with Crippen LogP contribution in [-0.2, 0) is 27.1 Å². The van der Waals surface area contributed by atoms with E-state index in [2.05, 4.69) is 62.3 Å². The number of hydrogen-bond donors (Lipinski definition) is 0. The van der Waals surface area contributed by atoms with Crippen LogP contribution in [-0.4, -0.2) is 39.6 Å². The van der Waals surface area contributed by atoms with Crippen LogP contribution in [0.2, 0.25) is 0 Å². The molecular weight excluding hydrogens is 987 g/mol. The fraction of sp³-hybridized carbons (Fsp3) is 1.00. The van der Waals surface area contributed by atoms with Crippen molar-refractivity contribution in [2.45, 2.75) is 390 Å². The van der Waals surface area contributed by atoms with E-state index in [1.807, 2.05) is 0 Å². The van der Waals surface area contributed by atoms with Gasteiger partial charge in [0.05, 0.1) is 39.6 Å². The average Bonchev–Trinajstić information content (AvgIpc) is 3.41. The van der Waals surface area contributed by atoms with Gasteiger partial charge < -0.3 is 27.1 Å². The Kier molecular flexibility index (Phi) is 73.4. The number of unbranched alkanes of at least 4 members (excludes halogenated alkanes) is 42. The molecule has 0 aliphatic heterocycles. The molecule has 0 saturated heterocycles. The molecule has 466 valence electrons. The third-order valence-corrected chi connectivity index (χ3v) is 17.6. The summed E-state index contributed by atoms with van der Waals surface area (Å²) in [7, 11) is -2.34. The Morgan fingerprint density at radius 3 is 0.455 bits per heavy atom. The monoisotopic (exact) mass is 1130 g/mol. The molecule has 0 aromatic heterocycles. The summed E-state index contributed by atoms with van der Waals surface area (Å²) in [5.41, 5.74) is 0. The molecule has 0 bridgehead atoms. The SMILES string of the molecule is CC(C)CCCCCCCOP(OCCCCCCCC(C)C)OCCCCCCCC(C)C.CCCCCCCCCCCCCOP(OCCCCCCCCCCCCC)OCCCCCCCCCCCCC. The minimum atomic E-state index is -1.17. The molecule has 0 radical (unpaired) electrons. The quantitative estimate of drug-likeness (QED) is 0.0447. The van der Waals surface area contributed by atoms with Crippen LogP contribution in [0.3, 0.4) is 0 Å². The van der Waals surface area contributed by atoms with Crippen molar-refractivity contribution in [3.05, 3.63) is 0 Å². The highest BCUT2D eigenvalue weighted by Gasteiger charge is 2.14. The molecule has 0 aromatic carbocycles. The first-order valence-corrected chi connectivity index (χ1v) is 37.3. The van der Waals surface area contributed by atoms with Gasteiger partial charge in [0.25, 0.3) is 0 Å². The van der Waals surface area contributed by atoms with E-state index in [4.69, 9.17) is 27.1 Å². The summed E-state index contributed by atoms with van der Waals surface area (Å²) in [6, 6.07) is 0. The first-order chi connectivity index (χ1) is 37.8. The zero-order chi connectivity index (χ0) is 56.4. The van der Waals surface area contributed by atoms with Crippen LogP contribution in [0.5, 0.6) is 0 Å². The third kappa shape index (κ3) is 74.6. The Balaban J connectivity index is 0. The van der Waals surface area contributed by atoms with Crippen molar-refractivity contribution >= 4 is 17.2 Å². The zero-order valence-corrected chi connectivity index (χ0v) is 56.2. The van der Waals surface area contributed by atoms with Gasteiger partial charge in [-0.3, -0.25) is 0 Å². The molecular formula is C69H144O6P2. The average molecular weight is 1130 g/mol. The van der Waals surface area contributed by atoms with Gasteiger partial charge in [-0.1, -0.05) is 351 Å². The largest absolute Gasteiger partial charge is 0.332 e. The van der Waals surface area contributed by atoms with Crippen molar-refractivity contribution in [3.63, 3.8) is 0 Å². The second-order valence-electron chi connectivity index (χ2n) is 24.9. The molecule has 0 atom stereocenters. The maximum Gasteiger partial charge on any atom is 0.332 e. The van der Waals surface area contributed by atoms with Crippen molar-refractivity contribution in [2.24, 2.45) is 17.8 Å².